The van der Waals surface area contributed by atoms with Gasteiger partial charge in [0, 0.05) is 23.6 Å². The van der Waals surface area contributed by atoms with Crippen LogP contribution in [0.1, 0.15) is 24.5 Å². The van der Waals surface area contributed by atoms with E-state index in [1.165, 1.54) is 19.2 Å². The first-order valence-electron chi connectivity index (χ1n) is 5.52. The summed E-state index contributed by atoms with van der Waals surface area (Å²) in [5, 5.41) is 9.79. The second-order valence-corrected chi connectivity index (χ2v) is 6.44. The molecule has 0 saturated carbocycles. The zero-order chi connectivity index (χ0) is 13.8. The van der Waals surface area contributed by atoms with E-state index < -0.39 is 21.8 Å². The predicted octanol–water partition coefficient (Wildman–Crippen LogP) is 1.69. The second kappa shape index (κ2) is 6.15. The normalized spacial score (nSPS) is 13.3. The number of aliphatic hydroxyl groups is 1. The lowest BCUT2D eigenvalue weighted by Crippen LogP contribution is -2.07. The number of ether oxygens (including phenoxy) is 1. The number of halogens is 1. The van der Waals surface area contributed by atoms with E-state index in [1.807, 2.05) is 0 Å². The summed E-state index contributed by atoms with van der Waals surface area (Å²) in [6, 6.07) is 4.19. The van der Waals surface area contributed by atoms with Gasteiger partial charge in [0.05, 0.1) is 13.2 Å². The van der Waals surface area contributed by atoms with Gasteiger partial charge >= 0.3 is 0 Å². The summed E-state index contributed by atoms with van der Waals surface area (Å²) in [5.41, 5.74) is 0.157. The third kappa shape index (κ3) is 4.62. The summed E-state index contributed by atoms with van der Waals surface area (Å²) in [5.74, 6) is -0.192. The van der Waals surface area contributed by atoms with Crippen molar-refractivity contribution >= 4 is 9.84 Å². The SMILES string of the molecule is COc1ccc(C(O)CCCS(C)(=O)=O)c(F)c1. The molecule has 6 heteroatoms. The molecular formula is C12H17FO4S. The molecule has 0 aliphatic rings. The van der Waals surface area contributed by atoms with Crippen molar-refractivity contribution in [2.75, 3.05) is 19.1 Å². The molecule has 1 aromatic carbocycles. The first-order chi connectivity index (χ1) is 8.33. The van der Waals surface area contributed by atoms with E-state index in [-0.39, 0.29) is 17.7 Å². The Labute approximate surface area is 106 Å². The molecule has 0 aliphatic heterocycles. The average Bonchev–Trinajstić information content (AvgIpc) is 2.26. The second-order valence-electron chi connectivity index (χ2n) is 4.18. The van der Waals surface area contributed by atoms with Crippen LogP contribution in [0.2, 0.25) is 0 Å². The number of hydrogen-bond acceptors (Lipinski definition) is 4. The molecule has 1 aromatic rings. The number of hydrogen-bond donors (Lipinski definition) is 1. The third-order valence-electron chi connectivity index (χ3n) is 2.56. The molecule has 0 amide bonds. The maximum absolute atomic E-state index is 13.6. The minimum absolute atomic E-state index is 0.0121. The van der Waals surface area contributed by atoms with Gasteiger partial charge in [-0.15, -0.1) is 0 Å². The molecular weight excluding hydrogens is 259 g/mol. The van der Waals surface area contributed by atoms with Gasteiger partial charge in [0.1, 0.15) is 21.4 Å². The fourth-order valence-corrected chi connectivity index (χ4v) is 2.29. The lowest BCUT2D eigenvalue weighted by Gasteiger charge is -2.12. The number of sulfone groups is 1. The Hall–Kier alpha value is -1.14. The molecule has 0 spiro atoms. The molecule has 18 heavy (non-hydrogen) atoms. The molecule has 1 unspecified atom stereocenters. The van der Waals surface area contributed by atoms with Crippen LogP contribution < -0.4 is 4.74 Å². The van der Waals surface area contributed by atoms with Crippen molar-refractivity contribution in [3.05, 3.63) is 29.6 Å². The number of rotatable bonds is 6. The Morgan fingerprint density at radius 1 is 1.44 bits per heavy atom. The Bertz CT molecular complexity index is 499. The van der Waals surface area contributed by atoms with Crippen LogP contribution in [-0.4, -0.2) is 32.6 Å². The molecule has 4 nitrogen and oxygen atoms in total. The Morgan fingerprint density at radius 3 is 2.61 bits per heavy atom. The average molecular weight is 276 g/mol. The van der Waals surface area contributed by atoms with Gasteiger partial charge in [-0.3, -0.25) is 0 Å². The van der Waals surface area contributed by atoms with E-state index in [1.54, 1.807) is 6.07 Å². The summed E-state index contributed by atoms with van der Waals surface area (Å²) >= 11 is 0. The first-order valence-corrected chi connectivity index (χ1v) is 7.59. The first kappa shape index (κ1) is 14.9. The Kier molecular flexibility index (Phi) is 5.10. The lowest BCUT2D eigenvalue weighted by atomic mass is 10.0. The molecule has 1 rings (SSSR count). The fraction of sp³-hybridized carbons (Fsp3) is 0.500. The third-order valence-corrected chi connectivity index (χ3v) is 3.59. The van der Waals surface area contributed by atoms with E-state index in [4.69, 9.17) is 4.74 Å². The number of methoxy groups -OCH3 is 1. The summed E-state index contributed by atoms with van der Waals surface area (Å²) in [6.07, 6.45) is 0.632. The molecule has 1 N–H and O–H groups in total. The van der Waals surface area contributed by atoms with Crippen molar-refractivity contribution in [2.45, 2.75) is 18.9 Å². The topological polar surface area (TPSA) is 63.6 Å². The molecule has 102 valence electrons. The van der Waals surface area contributed by atoms with Crippen LogP contribution in [0.5, 0.6) is 5.75 Å². The minimum atomic E-state index is -3.05. The lowest BCUT2D eigenvalue weighted by molar-refractivity contribution is 0.162. The molecule has 1 atom stereocenters. The quantitative estimate of drug-likeness (QED) is 0.859. The zero-order valence-corrected chi connectivity index (χ0v) is 11.2. The van der Waals surface area contributed by atoms with Crippen LogP contribution >= 0.6 is 0 Å². The van der Waals surface area contributed by atoms with Crippen LogP contribution in [0.25, 0.3) is 0 Å². The van der Waals surface area contributed by atoms with Crippen molar-refractivity contribution in [3.8, 4) is 5.75 Å². The molecule has 0 aliphatic carbocycles. The van der Waals surface area contributed by atoms with Crippen molar-refractivity contribution < 1.29 is 22.7 Å². The number of aliphatic hydroxyl groups excluding tert-OH is 1. The van der Waals surface area contributed by atoms with Gasteiger partial charge in [-0.05, 0) is 25.0 Å². The van der Waals surface area contributed by atoms with E-state index in [0.717, 1.165) is 6.26 Å². The smallest absolute Gasteiger partial charge is 0.147 e. The summed E-state index contributed by atoms with van der Waals surface area (Å²) < 4.78 is 40.3. The van der Waals surface area contributed by atoms with Crippen molar-refractivity contribution in [3.63, 3.8) is 0 Å². The highest BCUT2D eigenvalue weighted by molar-refractivity contribution is 7.90. The molecule has 0 saturated heterocycles. The zero-order valence-electron chi connectivity index (χ0n) is 10.4. The van der Waals surface area contributed by atoms with Gasteiger partial charge in [-0.2, -0.15) is 0 Å². The fourth-order valence-electron chi connectivity index (χ4n) is 1.60. The highest BCUT2D eigenvalue weighted by atomic mass is 32.2. The monoisotopic (exact) mass is 276 g/mol. The summed E-state index contributed by atoms with van der Waals surface area (Å²) in [4.78, 5) is 0. The van der Waals surface area contributed by atoms with Crippen LogP contribution in [-0.2, 0) is 9.84 Å². The molecule has 0 aromatic heterocycles. The standard InChI is InChI=1S/C12H17FO4S/c1-17-9-5-6-10(11(13)8-9)12(14)4-3-7-18(2,15)16/h5-6,8,12,14H,3-4,7H2,1-2H3. The molecule has 0 radical (unpaired) electrons. The van der Waals surface area contributed by atoms with Gasteiger partial charge in [-0.25, -0.2) is 12.8 Å². The van der Waals surface area contributed by atoms with Gasteiger partial charge in [-0.1, -0.05) is 0 Å². The van der Waals surface area contributed by atoms with Crippen LogP contribution in [0.3, 0.4) is 0 Å². The van der Waals surface area contributed by atoms with Crippen molar-refractivity contribution in [1.82, 2.24) is 0 Å². The van der Waals surface area contributed by atoms with E-state index in [9.17, 15) is 17.9 Å². The predicted molar refractivity (Wildman–Crippen MR) is 66.9 cm³/mol. The van der Waals surface area contributed by atoms with E-state index in [0.29, 0.717) is 12.2 Å². The highest BCUT2D eigenvalue weighted by Gasteiger charge is 2.14. The Balaban J connectivity index is 2.64. The maximum atomic E-state index is 13.6. The van der Waals surface area contributed by atoms with Crippen molar-refractivity contribution in [1.29, 1.82) is 0 Å². The number of benzene rings is 1. The van der Waals surface area contributed by atoms with Gasteiger partial charge in [0.25, 0.3) is 0 Å². The van der Waals surface area contributed by atoms with E-state index >= 15 is 0 Å². The van der Waals surface area contributed by atoms with Gasteiger partial charge < -0.3 is 9.84 Å². The molecule has 0 fully saturated rings. The summed E-state index contributed by atoms with van der Waals surface area (Å²) in [6.45, 7) is 0. The van der Waals surface area contributed by atoms with Crippen molar-refractivity contribution in [2.24, 2.45) is 0 Å². The maximum Gasteiger partial charge on any atom is 0.147 e. The minimum Gasteiger partial charge on any atom is -0.497 e. The van der Waals surface area contributed by atoms with Crippen LogP contribution in [0.4, 0.5) is 4.39 Å². The van der Waals surface area contributed by atoms with Gasteiger partial charge in [0.2, 0.25) is 0 Å². The van der Waals surface area contributed by atoms with E-state index in [2.05, 4.69) is 0 Å². The highest BCUT2D eigenvalue weighted by Crippen LogP contribution is 2.24. The van der Waals surface area contributed by atoms with Crippen LogP contribution in [0.15, 0.2) is 18.2 Å². The van der Waals surface area contributed by atoms with Crippen LogP contribution in [0, 0.1) is 5.82 Å². The largest absolute Gasteiger partial charge is 0.497 e. The summed E-state index contributed by atoms with van der Waals surface area (Å²) in [7, 11) is -1.62. The molecule has 0 heterocycles. The van der Waals surface area contributed by atoms with Gasteiger partial charge in [0.15, 0.2) is 0 Å². The molecule has 0 bridgehead atoms. The Morgan fingerprint density at radius 2 is 2.11 bits per heavy atom.